The van der Waals surface area contributed by atoms with Crippen LogP contribution < -0.4 is 20.7 Å². The van der Waals surface area contributed by atoms with E-state index in [-0.39, 0.29) is 16.9 Å². The SMILES string of the molecule is CCCS(=O)(=O)CCNCc1ccc(-n2nc(C(C)(C)C)cc2NC(=O)Nc2ccc(OCCc3cccnc3)c3ccccc23)cc1. The number of hydrogen-bond donors (Lipinski definition) is 3. The second kappa shape index (κ2) is 15.4. The molecule has 0 atom stereocenters. The summed E-state index contributed by atoms with van der Waals surface area (Å²) in [5.41, 5.74) is 4.14. The molecule has 3 aromatic carbocycles. The molecule has 252 valence electrons. The summed E-state index contributed by atoms with van der Waals surface area (Å²) in [5.74, 6) is 1.61. The molecule has 2 aromatic heterocycles. The summed E-state index contributed by atoms with van der Waals surface area (Å²) < 4.78 is 31.8. The fourth-order valence-electron chi connectivity index (χ4n) is 5.26. The highest BCUT2D eigenvalue weighted by Gasteiger charge is 2.22. The number of fused-ring (bicyclic) bond motifs is 1. The smallest absolute Gasteiger partial charge is 0.324 e. The average Bonchev–Trinajstić information content (AvgIpc) is 3.49. The summed E-state index contributed by atoms with van der Waals surface area (Å²) >= 11 is 0. The first-order chi connectivity index (χ1) is 23.0. The minimum absolute atomic E-state index is 0.124. The fraction of sp³-hybridized carbons (Fsp3) is 0.324. The number of carbonyl (C=O) groups excluding carboxylic acids is 1. The summed E-state index contributed by atoms with van der Waals surface area (Å²) in [4.78, 5) is 17.6. The lowest BCUT2D eigenvalue weighted by Gasteiger charge is -2.14. The van der Waals surface area contributed by atoms with E-state index in [0.29, 0.717) is 37.6 Å². The molecule has 0 saturated carbocycles. The largest absolute Gasteiger partial charge is 0.493 e. The van der Waals surface area contributed by atoms with Gasteiger partial charge in [0.2, 0.25) is 0 Å². The molecule has 11 heteroatoms. The lowest BCUT2D eigenvalue weighted by atomic mass is 9.92. The lowest BCUT2D eigenvalue weighted by molar-refractivity contribution is 0.262. The molecule has 0 radical (unpaired) electrons. The number of nitrogens with zero attached hydrogens (tertiary/aromatic N) is 3. The zero-order chi connectivity index (χ0) is 34.1. The third-order valence-electron chi connectivity index (χ3n) is 7.84. The Balaban J connectivity index is 1.28. The van der Waals surface area contributed by atoms with E-state index in [4.69, 9.17) is 9.84 Å². The monoisotopic (exact) mass is 668 g/mol. The molecule has 5 aromatic rings. The fourth-order valence-corrected chi connectivity index (χ4v) is 6.54. The van der Waals surface area contributed by atoms with Gasteiger partial charge in [-0.05, 0) is 47.9 Å². The van der Waals surface area contributed by atoms with Gasteiger partial charge in [0.25, 0.3) is 0 Å². The van der Waals surface area contributed by atoms with Gasteiger partial charge in [0, 0.05) is 59.9 Å². The van der Waals surface area contributed by atoms with E-state index in [0.717, 1.165) is 45.5 Å². The molecule has 0 spiro atoms. The zero-order valence-electron chi connectivity index (χ0n) is 28.0. The van der Waals surface area contributed by atoms with Gasteiger partial charge in [0.05, 0.1) is 29.4 Å². The maximum Gasteiger partial charge on any atom is 0.324 e. The van der Waals surface area contributed by atoms with Crippen LogP contribution >= 0.6 is 0 Å². The summed E-state index contributed by atoms with van der Waals surface area (Å²) in [5, 5.41) is 15.9. The second-order valence-corrected chi connectivity index (χ2v) is 15.1. The highest BCUT2D eigenvalue weighted by atomic mass is 32.2. The van der Waals surface area contributed by atoms with E-state index in [9.17, 15) is 13.2 Å². The van der Waals surface area contributed by atoms with Crippen molar-refractivity contribution in [3.8, 4) is 11.4 Å². The Bertz CT molecular complexity index is 1930. The Morgan fingerprint density at radius 3 is 2.38 bits per heavy atom. The van der Waals surface area contributed by atoms with E-state index in [1.807, 2.05) is 92.0 Å². The molecule has 48 heavy (non-hydrogen) atoms. The van der Waals surface area contributed by atoms with Crippen LogP contribution in [0.4, 0.5) is 16.3 Å². The molecule has 2 heterocycles. The van der Waals surface area contributed by atoms with Crippen molar-refractivity contribution in [3.05, 3.63) is 108 Å². The van der Waals surface area contributed by atoms with Crippen LogP contribution in [-0.2, 0) is 28.2 Å². The molecule has 0 aliphatic carbocycles. The Morgan fingerprint density at radius 2 is 1.67 bits per heavy atom. The number of hydrogen-bond acceptors (Lipinski definition) is 7. The number of aromatic nitrogens is 3. The van der Waals surface area contributed by atoms with Crippen molar-refractivity contribution in [1.82, 2.24) is 20.1 Å². The van der Waals surface area contributed by atoms with E-state index in [1.54, 1.807) is 10.9 Å². The van der Waals surface area contributed by atoms with Gasteiger partial charge in [-0.3, -0.25) is 10.3 Å². The molecule has 10 nitrogen and oxygen atoms in total. The average molecular weight is 669 g/mol. The Hall–Kier alpha value is -4.74. The number of amides is 2. The molecule has 0 aliphatic rings. The van der Waals surface area contributed by atoms with Crippen molar-refractivity contribution >= 4 is 38.1 Å². The van der Waals surface area contributed by atoms with Crippen LogP contribution in [0.25, 0.3) is 16.5 Å². The predicted octanol–water partition coefficient (Wildman–Crippen LogP) is 6.90. The third kappa shape index (κ3) is 9.20. The van der Waals surface area contributed by atoms with Gasteiger partial charge in [0.15, 0.2) is 9.84 Å². The lowest BCUT2D eigenvalue weighted by Crippen LogP contribution is -2.24. The number of pyridine rings is 1. The first-order valence-electron chi connectivity index (χ1n) is 16.2. The molecular weight excluding hydrogens is 625 g/mol. The summed E-state index contributed by atoms with van der Waals surface area (Å²) in [6.07, 6.45) is 4.95. The number of nitrogens with one attached hydrogen (secondary N) is 3. The van der Waals surface area contributed by atoms with Crippen molar-refractivity contribution in [2.75, 3.05) is 35.3 Å². The van der Waals surface area contributed by atoms with Gasteiger partial charge in [-0.15, -0.1) is 0 Å². The number of ether oxygens (including phenoxy) is 1. The zero-order valence-corrected chi connectivity index (χ0v) is 28.8. The normalized spacial score (nSPS) is 11.8. The van der Waals surface area contributed by atoms with Crippen LogP contribution in [0.5, 0.6) is 5.75 Å². The molecule has 5 rings (SSSR count). The van der Waals surface area contributed by atoms with Crippen molar-refractivity contribution < 1.29 is 17.9 Å². The highest BCUT2D eigenvalue weighted by molar-refractivity contribution is 7.91. The van der Waals surface area contributed by atoms with E-state index < -0.39 is 15.9 Å². The first-order valence-corrected chi connectivity index (χ1v) is 18.1. The van der Waals surface area contributed by atoms with Gasteiger partial charge in [-0.2, -0.15) is 5.10 Å². The molecule has 0 saturated heterocycles. The van der Waals surface area contributed by atoms with Crippen LogP contribution in [0.3, 0.4) is 0 Å². The quantitative estimate of drug-likeness (QED) is 0.110. The second-order valence-electron chi connectivity index (χ2n) is 12.8. The number of benzene rings is 3. The van der Waals surface area contributed by atoms with Crippen LogP contribution in [0.1, 0.15) is 50.9 Å². The predicted molar refractivity (Wildman–Crippen MR) is 193 cm³/mol. The van der Waals surface area contributed by atoms with E-state index in [2.05, 4.69) is 41.7 Å². The molecule has 0 fully saturated rings. The molecule has 2 amide bonds. The minimum Gasteiger partial charge on any atom is -0.493 e. The number of carbonyl (C=O) groups is 1. The number of rotatable bonds is 14. The van der Waals surface area contributed by atoms with Crippen LogP contribution in [0, 0.1) is 0 Å². The van der Waals surface area contributed by atoms with Crippen LogP contribution in [-0.4, -0.2) is 53.9 Å². The highest BCUT2D eigenvalue weighted by Crippen LogP contribution is 2.32. The van der Waals surface area contributed by atoms with Gasteiger partial charge in [0.1, 0.15) is 11.6 Å². The van der Waals surface area contributed by atoms with Crippen molar-refractivity contribution in [3.63, 3.8) is 0 Å². The van der Waals surface area contributed by atoms with Crippen LogP contribution in [0.15, 0.2) is 91.3 Å². The van der Waals surface area contributed by atoms with E-state index >= 15 is 0 Å². The van der Waals surface area contributed by atoms with Gasteiger partial charge in [-0.25, -0.2) is 17.9 Å². The molecule has 3 N–H and O–H groups in total. The van der Waals surface area contributed by atoms with Crippen LogP contribution in [0.2, 0.25) is 0 Å². The van der Waals surface area contributed by atoms with Crippen molar-refractivity contribution in [2.45, 2.75) is 52.5 Å². The molecular formula is C37H44N6O4S. The molecule has 0 bridgehead atoms. The maximum atomic E-state index is 13.4. The first kappa shape index (κ1) is 34.6. The topological polar surface area (TPSA) is 127 Å². The molecule has 0 aliphatic heterocycles. The maximum absolute atomic E-state index is 13.4. The van der Waals surface area contributed by atoms with Crippen molar-refractivity contribution in [2.24, 2.45) is 0 Å². The number of anilines is 2. The van der Waals surface area contributed by atoms with Gasteiger partial charge >= 0.3 is 6.03 Å². The number of urea groups is 1. The number of sulfone groups is 1. The third-order valence-corrected chi connectivity index (χ3v) is 9.69. The summed E-state index contributed by atoms with van der Waals surface area (Å²) in [6, 6.07) is 24.8. The minimum atomic E-state index is -3.02. The summed E-state index contributed by atoms with van der Waals surface area (Å²) in [7, 11) is -3.02. The Labute approximate surface area is 282 Å². The summed E-state index contributed by atoms with van der Waals surface area (Å²) in [6.45, 7) is 9.54. The van der Waals surface area contributed by atoms with E-state index in [1.165, 1.54) is 0 Å². The standard InChI is InChI=1S/C37H44N6O4S/c1-5-22-48(45,46)23-20-39-26-28-12-14-29(15-13-28)43-35(24-34(42-43)37(2,3)4)41-36(44)40-32-16-17-33(31-11-7-6-10-30(31)32)47-21-18-27-9-8-19-38-25-27/h6-17,19,24-25,39H,5,18,20-23,26H2,1-4H3,(H2,40,41,44). The van der Waals surface area contributed by atoms with Gasteiger partial charge in [-0.1, -0.05) is 70.2 Å². The van der Waals surface area contributed by atoms with Gasteiger partial charge < -0.3 is 15.4 Å². The Kier molecular flexibility index (Phi) is 11.1. The van der Waals surface area contributed by atoms with Crippen molar-refractivity contribution in [1.29, 1.82) is 0 Å². The Morgan fingerprint density at radius 1 is 0.896 bits per heavy atom. The molecule has 0 unspecified atom stereocenters.